The number of ether oxygens (including phenoxy) is 1. The van der Waals surface area contributed by atoms with E-state index in [2.05, 4.69) is 11.6 Å². The second-order valence-corrected chi connectivity index (χ2v) is 4.58. The first-order valence-electron chi connectivity index (χ1n) is 5.84. The standard InChI is InChI=1S/C11H24N2O2S/c1-16-9-5-3-2-4-7-13-11(14)10-15-8-6-12/h2-10,12H2,1H3,(H,13,14). The van der Waals surface area contributed by atoms with Crippen molar-refractivity contribution in [1.82, 2.24) is 5.32 Å². The van der Waals surface area contributed by atoms with Gasteiger partial charge in [-0.2, -0.15) is 11.8 Å². The molecule has 0 aromatic heterocycles. The first-order valence-corrected chi connectivity index (χ1v) is 7.24. The van der Waals surface area contributed by atoms with Crippen molar-refractivity contribution in [2.24, 2.45) is 5.73 Å². The van der Waals surface area contributed by atoms with Gasteiger partial charge in [-0.25, -0.2) is 0 Å². The second kappa shape index (κ2) is 12.8. The molecule has 0 aliphatic heterocycles. The highest BCUT2D eigenvalue weighted by atomic mass is 32.2. The van der Waals surface area contributed by atoms with Gasteiger partial charge >= 0.3 is 0 Å². The molecule has 4 nitrogen and oxygen atoms in total. The van der Waals surface area contributed by atoms with Crippen molar-refractivity contribution < 1.29 is 9.53 Å². The van der Waals surface area contributed by atoms with Gasteiger partial charge in [0.25, 0.3) is 0 Å². The zero-order chi connectivity index (χ0) is 12.1. The monoisotopic (exact) mass is 248 g/mol. The summed E-state index contributed by atoms with van der Waals surface area (Å²) in [5.74, 6) is 1.19. The van der Waals surface area contributed by atoms with Crippen LogP contribution in [0.1, 0.15) is 25.7 Å². The van der Waals surface area contributed by atoms with Crippen LogP contribution in [0.15, 0.2) is 0 Å². The van der Waals surface area contributed by atoms with Crippen LogP contribution in [0.4, 0.5) is 0 Å². The molecule has 0 bridgehead atoms. The minimum atomic E-state index is -0.0439. The first kappa shape index (κ1) is 15.7. The number of unbranched alkanes of at least 4 members (excludes halogenated alkanes) is 3. The minimum Gasteiger partial charge on any atom is -0.370 e. The van der Waals surface area contributed by atoms with E-state index in [1.54, 1.807) is 0 Å². The average molecular weight is 248 g/mol. The Morgan fingerprint density at radius 1 is 1.31 bits per heavy atom. The second-order valence-electron chi connectivity index (χ2n) is 3.60. The molecule has 0 aliphatic rings. The molecule has 0 saturated carbocycles. The van der Waals surface area contributed by atoms with E-state index in [9.17, 15) is 4.79 Å². The number of hydrogen-bond donors (Lipinski definition) is 2. The molecule has 16 heavy (non-hydrogen) atoms. The molecular formula is C11H24N2O2S. The molecule has 0 aliphatic carbocycles. The minimum absolute atomic E-state index is 0.0439. The topological polar surface area (TPSA) is 64.3 Å². The summed E-state index contributed by atoms with van der Waals surface area (Å²) >= 11 is 1.89. The lowest BCUT2D eigenvalue weighted by atomic mass is 10.2. The number of nitrogens with one attached hydrogen (secondary N) is 1. The van der Waals surface area contributed by atoms with Crippen LogP contribution in [0.3, 0.4) is 0 Å². The molecule has 5 heteroatoms. The maximum Gasteiger partial charge on any atom is 0.245 e. The van der Waals surface area contributed by atoms with E-state index in [0.717, 1.165) is 13.0 Å². The largest absolute Gasteiger partial charge is 0.370 e. The van der Waals surface area contributed by atoms with Crippen LogP contribution in [0.5, 0.6) is 0 Å². The van der Waals surface area contributed by atoms with Crippen LogP contribution in [0.25, 0.3) is 0 Å². The zero-order valence-corrected chi connectivity index (χ0v) is 11.0. The molecule has 0 aromatic rings. The van der Waals surface area contributed by atoms with Gasteiger partial charge in [0, 0.05) is 13.1 Å². The fraction of sp³-hybridized carbons (Fsp3) is 0.909. The summed E-state index contributed by atoms with van der Waals surface area (Å²) in [5, 5.41) is 2.82. The van der Waals surface area contributed by atoms with Gasteiger partial charge in [-0.1, -0.05) is 12.8 Å². The van der Waals surface area contributed by atoms with E-state index in [1.807, 2.05) is 11.8 Å². The molecule has 3 N–H and O–H groups in total. The number of nitrogens with two attached hydrogens (primary N) is 1. The Morgan fingerprint density at radius 2 is 2.06 bits per heavy atom. The third-order valence-corrected chi connectivity index (χ3v) is 2.79. The van der Waals surface area contributed by atoms with Crippen molar-refractivity contribution in [2.45, 2.75) is 25.7 Å². The molecule has 0 unspecified atom stereocenters. The summed E-state index contributed by atoms with van der Waals surface area (Å²) in [4.78, 5) is 11.2. The first-order chi connectivity index (χ1) is 7.81. The molecule has 1 amide bonds. The van der Waals surface area contributed by atoms with Crippen molar-refractivity contribution in [3.63, 3.8) is 0 Å². The van der Waals surface area contributed by atoms with Crippen molar-refractivity contribution in [3.8, 4) is 0 Å². The Kier molecular flexibility index (Phi) is 12.6. The smallest absolute Gasteiger partial charge is 0.245 e. The highest BCUT2D eigenvalue weighted by molar-refractivity contribution is 7.98. The number of hydrogen-bond acceptors (Lipinski definition) is 4. The number of carbonyl (C=O) groups excluding carboxylic acids is 1. The van der Waals surface area contributed by atoms with Gasteiger partial charge in [0.05, 0.1) is 6.61 Å². The van der Waals surface area contributed by atoms with Gasteiger partial charge in [0.1, 0.15) is 6.61 Å². The molecule has 0 spiro atoms. The summed E-state index contributed by atoms with van der Waals surface area (Å²) < 4.78 is 5.01. The quantitative estimate of drug-likeness (QED) is 0.535. The lowest BCUT2D eigenvalue weighted by Crippen LogP contribution is -2.29. The molecule has 0 rings (SSSR count). The highest BCUT2D eigenvalue weighted by Gasteiger charge is 1.99. The molecule has 0 fully saturated rings. The maximum atomic E-state index is 11.2. The summed E-state index contributed by atoms with van der Waals surface area (Å²) in [6.45, 7) is 1.79. The fourth-order valence-electron chi connectivity index (χ4n) is 1.25. The number of amides is 1. The van der Waals surface area contributed by atoms with E-state index in [0.29, 0.717) is 13.2 Å². The molecule has 0 saturated heterocycles. The maximum absolute atomic E-state index is 11.2. The lowest BCUT2D eigenvalue weighted by molar-refractivity contribution is -0.125. The SMILES string of the molecule is CSCCCCCCNC(=O)COCCN. The third-order valence-electron chi connectivity index (χ3n) is 2.09. The molecule has 96 valence electrons. The van der Waals surface area contributed by atoms with Gasteiger partial charge in [-0.15, -0.1) is 0 Å². The third kappa shape index (κ3) is 11.8. The van der Waals surface area contributed by atoms with Crippen molar-refractivity contribution in [2.75, 3.05) is 38.3 Å². The Balaban J connectivity index is 3.09. The van der Waals surface area contributed by atoms with E-state index in [4.69, 9.17) is 10.5 Å². The summed E-state index contributed by atoms with van der Waals surface area (Å²) in [6, 6.07) is 0. The van der Waals surface area contributed by atoms with Crippen LogP contribution in [-0.2, 0) is 9.53 Å². The van der Waals surface area contributed by atoms with E-state index in [-0.39, 0.29) is 12.5 Å². The highest BCUT2D eigenvalue weighted by Crippen LogP contribution is 2.03. The summed E-state index contributed by atoms with van der Waals surface area (Å²) in [5.41, 5.74) is 5.24. The molecule has 0 aromatic carbocycles. The number of carbonyl (C=O) groups is 1. The van der Waals surface area contributed by atoms with E-state index >= 15 is 0 Å². The lowest BCUT2D eigenvalue weighted by Gasteiger charge is -2.05. The molecular weight excluding hydrogens is 224 g/mol. The van der Waals surface area contributed by atoms with Gasteiger partial charge in [-0.3, -0.25) is 4.79 Å². The van der Waals surface area contributed by atoms with Crippen LogP contribution >= 0.6 is 11.8 Å². The Hall–Kier alpha value is -0.260. The average Bonchev–Trinajstić information content (AvgIpc) is 2.28. The normalized spacial score (nSPS) is 10.4. The zero-order valence-electron chi connectivity index (χ0n) is 10.2. The number of thioether (sulfide) groups is 1. The van der Waals surface area contributed by atoms with E-state index < -0.39 is 0 Å². The van der Waals surface area contributed by atoms with Crippen molar-refractivity contribution in [1.29, 1.82) is 0 Å². The summed E-state index contributed by atoms with van der Waals surface area (Å²) in [6.07, 6.45) is 6.89. The summed E-state index contributed by atoms with van der Waals surface area (Å²) in [7, 11) is 0. The van der Waals surface area contributed by atoms with Crippen molar-refractivity contribution in [3.05, 3.63) is 0 Å². The van der Waals surface area contributed by atoms with Crippen LogP contribution in [0, 0.1) is 0 Å². The molecule has 0 heterocycles. The molecule has 0 atom stereocenters. The number of rotatable bonds is 11. The van der Waals surface area contributed by atoms with Gasteiger partial charge in [-0.05, 0) is 24.9 Å². The Morgan fingerprint density at radius 3 is 2.75 bits per heavy atom. The van der Waals surface area contributed by atoms with E-state index in [1.165, 1.54) is 25.0 Å². The van der Waals surface area contributed by atoms with Crippen molar-refractivity contribution >= 4 is 17.7 Å². The molecule has 0 radical (unpaired) electrons. The van der Waals surface area contributed by atoms with Gasteiger partial charge in [0.15, 0.2) is 0 Å². The van der Waals surface area contributed by atoms with Gasteiger partial charge < -0.3 is 15.8 Å². The van der Waals surface area contributed by atoms with Crippen LogP contribution in [0.2, 0.25) is 0 Å². The van der Waals surface area contributed by atoms with Gasteiger partial charge in [0.2, 0.25) is 5.91 Å². The fourth-order valence-corrected chi connectivity index (χ4v) is 1.74. The van der Waals surface area contributed by atoms with Crippen LogP contribution in [-0.4, -0.2) is 44.2 Å². The Bertz CT molecular complexity index is 168. The van der Waals surface area contributed by atoms with Crippen LogP contribution < -0.4 is 11.1 Å². The Labute approximate surface area is 103 Å². The predicted octanol–water partition coefficient (Wildman–Crippen LogP) is 1.00. The predicted molar refractivity (Wildman–Crippen MR) is 69.7 cm³/mol.